The predicted molar refractivity (Wildman–Crippen MR) is 102 cm³/mol. The normalized spacial score (nSPS) is 17.0. The molecule has 1 aromatic heterocycles. The van der Waals surface area contributed by atoms with Gasteiger partial charge in [-0.3, -0.25) is 0 Å². The van der Waals surface area contributed by atoms with Crippen molar-refractivity contribution in [2.75, 3.05) is 13.2 Å². The van der Waals surface area contributed by atoms with Gasteiger partial charge in [0, 0.05) is 48.2 Å². The molecule has 0 aliphatic carbocycles. The van der Waals surface area contributed by atoms with Gasteiger partial charge < -0.3 is 19.7 Å². The minimum absolute atomic E-state index is 0.231. The molecule has 0 saturated carbocycles. The molecule has 1 fully saturated rings. The van der Waals surface area contributed by atoms with Gasteiger partial charge in [-0.1, -0.05) is 29.8 Å². The van der Waals surface area contributed by atoms with Crippen LogP contribution in [0.5, 0.6) is 0 Å². The SMILES string of the molecule is Cc1c(CNC[C@H]2CCCO2)c(C(=O)O)c(C)n1Cc1ccccc1Cl. The first-order valence-corrected chi connectivity index (χ1v) is 9.34. The maximum atomic E-state index is 11.9. The van der Waals surface area contributed by atoms with Crippen molar-refractivity contribution in [1.29, 1.82) is 0 Å². The van der Waals surface area contributed by atoms with Crippen LogP contribution in [-0.2, 0) is 17.8 Å². The van der Waals surface area contributed by atoms with Crippen molar-refractivity contribution in [3.63, 3.8) is 0 Å². The van der Waals surface area contributed by atoms with Crippen LogP contribution in [0.4, 0.5) is 0 Å². The molecular weight excluding hydrogens is 352 g/mol. The summed E-state index contributed by atoms with van der Waals surface area (Å²) in [5.74, 6) is -0.891. The van der Waals surface area contributed by atoms with Crippen LogP contribution in [0.25, 0.3) is 0 Å². The van der Waals surface area contributed by atoms with Crippen molar-refractivity contribution in [2.45, 2.75) is 45.9 Å². The smallest absolute Gasteiger partial charge is 0.337 e. The molecule has 5 nitrogen and oxygen atoms in total. The second-order valence-electron chi connectivity index (χ2n) is 6.77. The number of rotatable bonds is 7. The van der Waals surface area contributed by atoms with Gasteiger partial charge in [0.05, 0.1) is 11.7 Å². The Labute approximate surface area is 158 Å². The third kappa shape index (κ3) is 3.95. The van der Waals surface area contributed by atoms with E-state index < -0.39 is 5.97 Å². The van der Waals surface area contributed by atoms with Crippen LogP contribution in [0.3, 0.4) is 0 Å². The molecule has 3 rings (SSSR count). The second-order valence-corrected chi connectivity index (χ2v) is 7.18. The van der Waals surface area contributed by atoms with Crippen LogP contribution in [0.1, 0.15) is 45.7 Å². The van der Waals surface area contributed by atoms with Crippen LogP contribution < -0.4 is 5.32 Å². The zero-order chi connectivity index (χ0) is 18.7. The van der Waals surface area contributed by atoms with Gasteiger partial charge in [0.15, 0.2) is 0 Å². The Kier molecular flexibility index (Phi) is 6.01. The summed E-state index contributed by atoms with van der Waals surface area (Å²) in [4.78, 5) is 11.9. The van der Waals surface area contributed by atoms with E-state index in [2.05, 4.69) is 5.32 Å². The Balaban J connectivity index is 1.83. The third-order valence-corrected chi connectivity index (χ3v) is 5.48. The minimum atomic E-state index is -0.891. The fraction of sp³-hybridized carbons (Fsp3) is 0.450. The molecule has 6 heteroatoms. The van der Waals surface area contributed by atoms with Gasteiger partial charge in [0.2, 0.25) is 0 Å². The van der Waals surface area contributed by atoms with Crippen molar-refractivity contribution < 1.29 is 14.6 Å². The third-order valence-electron chi connectivity index (χ3n) is 5.11. The summed E-state index contributed by atoms with van der Waals surface area (Å²) in [5, 5.41) is 13.8. The fourth-order valence-electron chi connectivity index (χ4n) is 3.65. The maximum absolute atomic E-state index is 11.9. The van der Waals surface area contributed by atoms with E-state index in [0.29, 0.717) is 23.7 Å². The van der Waals surface area contributed by atoms with Gasteiger partial charge in [0.25, 0.3) is 0 Å². The van der Waals surface area contributed by atoms with Crippen molar-refractivity contribution in [3.8, 4) is 0 Å². The van der Waals surface area contributed by atoms with E-state index in [1.807, 2.05) is 42.7 Å². The monoisotopic (exact) mass is 376 g/mol. The largest absolute Gasteiger partial charge is 0.478 e. The molecule has 1 atom stereocenters. The highest BCUT2D eigenvalue weighted by Crippen LogP contribution is 2.26. The van der Waals surface area contributed by atoms with Crippen LogP contribution >= 0.6 is 11.6 Å². The van der Waals surface area contributed by atoms with Crippen molar-refractivity contribution in [1.82, 2.24) is 9.88 Å². The lowest BCUT2D eigenvalue weighted by Crippen LogP contribution is -2.26. The van der Waals surface area contributed by atoms with E-state index >= 15 is 0 Å². The number of benzene rings is 1. The topological polar surface area (TPSA) is 63.5 Å². The zero-order valence-electron chi connectivity index (χ0n) is 15.2. The minimum Gasteiger partial charge on any atom is -0.478 e. The van der Waals surface area contributed by atoms with Crippen LogP contribution in [0.2, 0.25) is 5.02 Å². The molecule has 1 aromatic carbocycles. The number of aromatic carboxylic acids is 1. The highest BCUT2D eigenvalue weighted by molar-refractivity contribution is 6.31. The highest BCUT2D eigenvalue weighted by Gasteiger charge is 2.23. The average molecular weight is 377 g/mol. The lowest BCUT2D eigenvalue weighted by atomic mass is 10.1. The Morgan fingerprint density at radius 1 is 1.35 bits per heavy atom. The number of nitrogens with one attached hydrogen (secondary N) is 1. The zero-order valence-corrected chi connectivity index (χ0v) is 16.0. The molecule has 2 aromatic rings. The van der Waals surface area contributed by atoms with Gasteiger partial charge in [0.1, 0.15) is 0 Å². The summed E-state index contributed by atoms with van der Waals surface area (Å²) >= 11 is 6.29. The molecule has 0 unspecified atom stereocenters. The number of hydrogen-bond acceptors (Lipinski definition) is 3. The molecule has 2 heterocycles. The van der Waals surface area contributed by atoms with Gasteiger partial charge in [-0.2, -0.15) is 0 Å². The van der Waals surface area contributed by atoms with Gasteiger partial charge in [-0.05, 0) is 38.3 Å². The van der Waals surface area contributed by atoms with Crippen molar-refractivity contribution in [2.24, 2.45) is 0 Å². The molecule has 0 radical (unpaired) electrons. The van der Waals surface area contributed by atoms with Gasteiger partial charge in [-0.15, -0.1) is 0 Å². The average Bonchev–Trinajstić information content (AvgIpc) is 3.19. The molecule has 1 aliphatic rings. The number of ether oxygens (including phenoxy) is 1. The molecule has 0 amide bonds. The lowest BCUT2D eigenvalue weighted by molar-refractivity contribution is 0.0694. The number of halogens is 1. The van der Waals surface area contributed by atoms with E-state index in [-0.39, 0.29) is 6.10 Å². The summed E-state index contributed by atoms with van der Waals surface area (Å²) in [6, 6.07) is 7.66. The first-order chi connectivity index (χ1) is 12.5. The number of carboxylic acids is 1. The number of nitrogens with zero attached hydrogens (tertiary/aromatic N) is 1. The van der Waals surface area contributed by atoms with Crippen LogP contribution in [0, 0.1) is 13.8 Å². The number of hydrogen-bond donors (Lipinski definition) is 2. The highest BCUT2D eigenvalue weighted by atomic mass is 35.5. The molecule has 140 valence electrons. The Morgan fingerprint density at radius 3 is 2.77 bits per heavy atom. The summed E-state index contributed by atoms with van der Waals surface area (Å²) in [7, 11) is 0. The van der Waals surface area contributed by atoms with E-state index in [9.17, 15) is 9.90 Å². The second kappa shape index (κ2) is 8.25. The summed E-state index contributed by atoms with van der Waals surface area (Å²) in [6.45, 7) is 6.47. The fourth-order valence-corrected chi connectivity index (χ4v) is 3.84. The first kappa shape index (κ1) is 19.0. The van der Waals surface area contributed by atoms with E-state index in [1.54, 1.807) is 0 Å². The molecule has 1 aliphatic heterocycles. The van der Waals surface area contributed by atoms with Gasteiger partial charge in [-0.25, -0.2) is 4.79 Å². The van der Waals surface area contributed by atoms with E-state index in [4.69, 9.17) is 16.3 Å². The summed E-state index contributed by atoms with van der Waals surface area (Å²) in [5.41, 5.74) is 3.91. The summed E-state index contributed by atoms with van der Waals surface area (Å²) < 4.78 is 7.66. The maximum Gasteiger partial charge on any atom is 0.337 e. The first-order valence-electron chi connectivity index (χ1n) is 8.96. The van der Waals surface area contributed by atoms with E-state index in [0.717, 1.165) is 48.5 Å². The standard InChI is InChI=1S/C20H25ClN2O3/c1-13-17(11-22-10-16-7-5-9-26-16)19(20(24)25)14(2)23(13)12-15-6-3-4-8-18(15)21/h3-4,6,8,16,22H,5,7,9-12H2,1-2H3,(H,24,25)/t16-/m1/s1. The Hall–Kier alpha value is -1.82. The Bertz CT molecular complexity index is 795. The van der Waals surface area contributed by atoms with Crippen LogP contribution in [0.15, 0.2) is 24.3 Å². The molecule has 2 N–H and O–H groups in total. The molecule has 1 saturated heterocycles. The van der Waals surface area contributed by atoms with Crippen molar-refractivity contribution in [3.05, 3.63) is 57.4 Å². The quantitative estimate of drug-likeness (QED) is 0.772. The Morgan fingerprint density at radius 2 is 2.12 bits per heavy atom. The lowest BCUT2D eigenvalue weighted by Gasteiger charge is -2.12. The molecule has 0 bridgehead atoms. The van der Waals surface area contributed by atoms with E-state index in [1.165, 1.54) is 0 Å². The summed E-state index contributed by atoms with van der Waals surface area (Å²) in [6.07, 6.45) is 2.39. The molecule has 26 heavy (non-hydrogen) atoms. The number of aromatic nitrogens is 1. The van der Waals surface area contributed by atoms with Crippen molar-refractivity contribution >= 4 is 17.6 Å². The number of carboxylic acid groups (broad SMARTS) is 1. The molecule has 0 spiro atoms. The molecular formula is C20H25ClN2O3. The predicted octanol–water partition coefficient (Wildman–Crippen LogP) is 3.77. The number of carbonyl (C=O) groups is 1. The van der Waals surface area contributed by atoms with Gasteiger partial charge >= 0.3 is 5.97 Å². The van der Waals surface area contributed by atoms with Crippen LogP contribution in [-0.4, -0.2) is 34.9 Å².